The van der Waals surface area contributed by atoms with Crippen LogP contribution >= 0.6 is 0 Å². The van der Waals surface area contributed by atoms with E-state index in [1.807, 2.05) is 0 Å². The number of aryl methyl sites for hydroxylation is 1. The number of fused-ring (bicyclic) bond motifs is 5. The second-order valence-electron chi connectivity index (χ2n) is 10.3. The Bertz CT molecular complexity index is 1450. The minimum atomic E-state index is -4.93. The number of aromatic nitrogens is 2. The molecule has 3 aliphatic heterocycles. The van der Waals surface area contributed by atoms with Crippen molar-refractivity contribution in [1.29, 1.82) is 5.26 Å². The zero-order valence-electron chi connectivity index (χ0n) is 20.5. The maximum atomic E-state index is 13.6. The van der Waals surface area contributed by atoms with E-state index < -0.39 is 81.9 Å². The number of benzene rings is 1. The predicted molar refractivity (Wildman–Crippen MR) is 117 cm³/mol. The molecule has 4 heterocycles. The van der Waals surface area contributed by atoms with Crippen molar-refractivity contribution < 1.29 is 50.5 Å². The zero-order chi connectivity index (χ0) is 28.9. The maximum absolute atomic E-state index is 13.6. The van der Waals surface area contributed by atoms with Crippen LogP contribution < -0.4 is 9.64 Å². The van der Waals surface area contributed by atoms with E-state index >= 15 is 0 Å². The topological polar surface area (TPSA) is 118 Å². The fraction of sp³-hybridized carbons (Fsp3) is 0.500. The van der Waals surface area contributed by atoms with Crippen LogP contribution in [0.15, 0.2) is 24.3 Å². The second kappa shape index (κ2) is 7.95. The molecule has 5 rings (SSSR count). The number of hydrogen-bond donors (Lipinski definition) is 1. The molecule has 0 saturated carbocycles. The molecule has 15 heteroatoms. The highest BCUT2D eigenvalue weighted by Crippen LogP contribution is 2.64. The first kappa shape index (κ1) is 26.9. The Labute approximate surface area is 216 Å². The lowest BCUT2D eigenvalue weighted by molar-refractivity contribution is -0.155. The summed E-state index contributed by atoms with van der Waals surface area (Å²) < 4.78 is 91.9. The first-order chi connectivity index (χ1) is 17.9. The number of carbonyl (C=O) groups excluding carboxylic acids is 2. The van der Waals surface area contributed by atoms with E-state index in [9.17, 15) is 41.0 Å². The molecule has 208 valence electrons. The average molecular weight is 558 g/mol. The molecular weight excluding hydrogens is 538 g/mol. The molecule has 3 aliphatic rings. The first-order valence-electron chi connectivity index (χ1n) is 11.5. The molecule has 1 aromatic heterocycles. The molecule has 3 fully saturated rings. The van der Waals surface area contributed by atoms with Crippen LogP contribution in [0, 0.1) is 23.2 Å². The van der Waals surface area contributed by atoms with E-state index in [1.165, 1.54) is 27.0 Å². The van der Waals surface area contributed by atoms with E-state index in [1.54, 1.807) is 0 Å². The molecule has 5 atom stereocenters. The largest absolute Gasteiger partial charge is 0.475 e. The van der Waals surface area contributed by atoms with Crippen LogP contribution in [0.4, 0.5) is 32.0 Å². The monoisotopic (exact) mass is 558 g/mol. The molecule has 1 N–H and O–H groups in total. The van der Waals surface area contributed by atoms with Gasteiger partial charge >= 0.3 is 12.4 Å². The maximum Gasteiger partial charge on any atom is 0.435 e. The van der Waals surface area contributed by atoms with E-state index in [4.69, 9.17) is 14.7 Å². The summed E-state index contributed by atoms with van der Waals surface area (Å²) in [6.07, 6.45) is -9.93. The highest BCUT2D eigenvalue weighted by molar-refractivity contribution is 6.23. The van der Waals surface area contributed by atoms with Crippen molar-refractivity contribution in [3.8, 4) is 11.9 Å². The van der Waals surface area contributed by atoms with Gasteiger partial charge in [0.15, 0.2) is 5.69 Å². The van der Waals surface area contributed by atoms with Crippen molar-refractivity contribution in [1.82, 2.24) is 9.78 Å². The van der Waals surface area contributed by atoms with Crippen molar-refractivity contribution >= 4 is 17.5 Å². The van der Waals surface area contributed by atoms with Crippen molar-refractivity contribution in [3.63, 3.8) is 0 Å². The number of rotatable bonds is 4. The Kier molecular flexibility index (Phi) is 5.49. The standard InChI is InChI=1S/C24H20F6N4O5/c1-20-9-22(37,10-38-15-7-14(24(28,29)30)32-33(15)3)21(2,39-20)17-16(20)18(35)34(19(17)36)12-5-4-11(8-31)13(6-12)23(25,26)27/h4-7,16-17,37H,9-10H2,1-3H3. The second-order valence-corrected chi connectivity index (χ2v) is 10.3. The number of aliphatic hydroxyl groups is 1. The highest BCUT2D eigenvalue weighted by Gasteiger charge is 2.80. The van der Waals surface area contributed by atoms with Crippen LogP contribution in [0.2, 0.25) is 0 Å². The van der Waals surface area contributed by atoms with Crippen molar-refractivity contribution in [2.75, 3.05) is 11.5 Å². The van der Waals surface area contributed by atoms with E-state index in [2.05, 4.69) is 5.10 Å². The van der Waals surface area contributed by atoms with Gasteiger partial charge in [0, 0.05) is 19.5 Å². The molecule has 2 aromatic rings. The van der Waals surface area contributed by atoms with Crippen LogP contribution in [0.3, 0.4) is 0 Å². The Morgan fingerprint density at radius 3 is 2.33 bits per heavy atom. The normalized spacial score (nSPS) is 32.1. The summed E-state index contributed by atoms with van der Waals surface area (Å²) in [7, 11) is 1.20. The number of imide groups is 1. The summed E-state index contributed by atoms with van der Waals surface area (Å²) in [6, 6.07) is 4.51. The van der Waals surface area contributed by atoms with Crippen LogP contribution in [0.1, 0.15) is 37.1 Å². The number of anilines is 1. The lowest BCUT2D eigenvalue weighted by Gasteiger charge is -2.42. The molecule has 0 aliphatic carbocycles. The lowest BCUT2D eigenvalue weighted by atomic mass is 9.61. The number of halogens is 6. The molecule has 39 heavy (non-hydrogen) atoms. The van der Waals surface area contributed by atoms with Gasteiger partial charge in [0.25, 0.3) is 0 Å². The number of hydrogen-bond acceptors (Lipinski definition) is 7. The van der Waals surface area contributed by atoms with Crippen LogP contribution in [-0.2, 0) is 33.7 Å². The smallest absolute Gasteiger partial charge is 0.435 e. The van der Waals surface area contributed by atoms with Gasteiger partial charge in [-0.05, 0) is 32.0 Å². The third-order valence-corrected chi connectivity index (χ3v) is 7.84. The van der Waals surface area contributed by atoms with Crippen molar-refractivity contribution in [2.45, 2.75) is 49.4 Å². The molecule has 1 aromatic carbocycles. The molecule has 0 radical (unpaired) electrons. The summed E-state index contributed by atoms with van der Waals surface area (Å²) in [4.78, 5) is 27.6. The van der Waals surface area contributed by atoms with Gasteiger partial charge in [0.1, 0.15) is 17.8 Å². The first-order valence-corrected chi connectivity index (χ1v) is 11.5. The summed E-state index contributed by atoms with van der Waals surface area (Å²) in [5.41, 5.74) is -8.83. The predicted octanol–water partition coefficient (Wildman–Crippen LogP) is 3.20. The molecule has 3 saturated heterocycles. The number of ether oxygens (including phenoxy) is 2. The van der Waals surface area contributed by atoms with Gasteiger partial charge in [-0.25, -0.2) is 9.58 Å². The van der Waals surface area contributed by atoms with Gasteiger partial charge in [-0.1, -0.05) is 0 Å². The van der Waals surface area contributed by atoms with Gasteiger partial charge < -0.3 is 14.6 Å². The minimum Gasteiger partial charge on any atom is -0.475 e. The number of amides is 2. The summed E-state index contributed by atoms with van der Waals surface area (Å²) in [5, 5.41) is 24.0. The third-order valence-electron chi connectivity index (χ3n) is 7.84. The van der Waals surface area contributed by atoms with E-state index in [0.29, 0.717) is 17.0 Å². The van der Waals surface area contributed by atoms with E-state index in [0.717, 1.165) is 16.8 Å². The molecule has 2 bridgehead atoms. The SMILES string of the molecule is Cn1nc(C(F)(F)F)cc1OCC1(O)CC2(C)OC1(C)C1C(=O)N(c3ccc(C#N)c(C(F)(F)F)c3)C(=O)C12. The fourth-order valence-electron chi connectivity index (χ4n) is 6.11. The van der Waals surface area contributed by atoms with Gasteiger partial charge in [-0.2, -0.15) is 36.7 Å². The summed E-state index contributed by atoms with van der Waals surface area (Å²) in [5.74, 6) is -4.57. The highest BCUT2D eigenvalue weighted by atomic mass is 19.4. The molecule has 5 unspecified atom stereocenters. The lowest BCUT2D eigenvalue weighted by Crippen LogP contribution is -2.61. The van der Waals surface area contributed by atoms with Gasteiger partial charge in [0.2, 0.25) is 17.7 Å². The van der Waals surface area contributed by atoms with Crippen LogP contribution in [0.5, 0.6) is 5.88 Å². The number of carbonyl (C=O) groups is 2. The van der Waals surface area contributed by atoms with Crippen LogP contribution in [-0.4, -0.2) is 50.1 Å². The number of nitriles is 1. The third kappa shape index (κ3) is 3.72. The summed E-state index contributed by atoms with van der Waals surface area (Å²) in [6.45, 7) is 2.19. The average Bonchev–Trinajstić information content (AvgIpc) is 3.46. The fourth-order valence-corrected chi connectivity index (χ4v) is 6.11. The number of nitrogens with zero attached hydrogens (tertiary/aromatic N) is 4. The van der Waals surface area contributed by atoms with E-state index in [-0.39, 0.29) is 12.3 Å². The minimum absolute atomic E-state index is 0.254. The van der Waals surface area contributed by atoms with Crippen molar-refractivity contribution in [2.24, 2.45) is 18.9 Å². The zero-order valence-corrected chi connectivity index (χ0v) is 20.5. The van der Waals surface area contributed by atoms with Gasteiger partial charge in [-0.3, -0.25) is 9.59 Å². The Hall–Kier alpha value is -3.64. The molecular formula is C24H20F6N4O5. The Balaban J connectivity index is 1.47. The van der Waals surface area contributed by atoms with Crippen molar-refractivity contribution in [3.05, 3.63) is 41.1 Å². The summed E-state index contributed by atoms with van der Waals surface area (Å²) >= 11 is 0. The molecule has 9 nitrogen and oxygen atoms in total. The quantitative estimate of drug-likeness (QED) is 0.453. The molecule has 2 amide bonds. The Morgan fingerprint density at radius 1 is 1.13 bits per heavy atom. The van der Waals surface area contributed by atoms with Crippen LogP contribution in [0.25, 0.3) is 0 Å². The van der Waals surface area contributed by atoms with Gasteiger partial charge in [0.05, 0.1) is 40.3 Å². The molecule has 0 spiro atoms. The van der Waals surface area contributed by atoms with Gasteiger partial charge in [-0.15, -0.1) is 0 Å². The Morgan fingerprint density at radius 2 is 1.77 bits per heavy atom. The number of alkyl halides is 6.